The molecule has 0 aliphatic heterocycles. The van der Waals surface area contributed by atoms with Crippen molar-refractivity contribution in [2.75, 3.05) is 46.4 Å². The van der Waals surface area contributed by atoms with E-state index >= 15 is 0 Å². The van der Waals surface area contributed by atoms with Crippen LogP contribution in [-0.4, -0.2) is 78.4 Å². The van der Waals surface area contributed by atoms with Crippen molar-refractivity contribution in [1.29, 1.82) is 0 Å². The van der Waals surface area contributed by atoms with Gasteiger partial charge in [0.1, 0.15) is 5.75 Å². The molecule has 34 heavy (non-hydrogen) atoms. The summed E-state index contributed by atoms with van der Waals surface area (Å²) in [7, 11) is 1.59. The second-order valence-electron chi connectivity index (χ2n) is 7.32. The Morgan fingerprint density at radius 3 is 2.53 bits per heavy atom. The molecule has 4 N–H and O–H groups in total. The average molecular weight is 485 g/mol. The predicted octanol–water partition coefficient (Wildman–Crippen LogP) is 1.86. The van der Waals surface area contributed by atoms with E-state index in [4.69, 9.17) is 14.9 Å². The third kappa shape index (κ3) is 7.09. The molecule has 2 heterocycles. The molecule has 10 heteroatoms. The Morgan fingerprint density at radius 1 is 1.12 bits per heavy atom. The van der Waals surface area contributed by atoms with E-state index in [1.165, 1.54) is 17.4 Å². The first-order valence-corrected chi connectivity index (χ1v) is 11.6. The Kier molecular flexibility index (Phi) is 9.53. The summed E-state index contributed by atoms with van der Waals surface area (Å²) in [6.07, 6.45) is 6.47. The minimum atomic E-state index is -0.226. The summed E-state index contributed by atoms with van der Waals surface area (Å²) in [6, 6.07) is 9.05. The van der Waals surface area contributed by atoms with Crippen LogP contribution in [0, 0.1) is 0 Å². The zero-order valence-electron chi connectivity index (χ0n) is 18.9. The van der Waals surface area contributed by atoms with Crippen molar-refractivity contribution in [2.45, 2.75) is 0 Å². The minimum Gasteiger partial charge on any atom is -0.455 e. The molecule has 2 aromatic heterocycles. The van der Waals surface area contributed by atoms with Crippen molar-refractivity contribution in [2.24, 2.45) is 0 Å². The van der Waals surface area contributed by atoms with Gasteiger partial charge < -0.3 is 25.6 Å². The molecule has 0 aliphatic rings. The van der Waals surface area contributed by atoms with Gasteiger partial charge in [-0.3, -0.25) is 19.5 Å². The van der Waals surface area contributed by atoms with Crippen LogP contribution in [0.1, 0.15) is 15.2 Å². The van der Waals surface area contributed by atoms with Gasteiger partial charge >= 0.3 is 0 Å². The first-order chi connectivity index (χ1) is 16.5. The van der Waals surface area contributed by atoms with E-state index in [2.05, 4.69) is 15.6 Å². The summed E-state index contributed by atoms with van der Waals surface area (Å²) in [5, 5.41) is 24.2. The number of nitrogens with zero attached hydrogens (tertiary/aromatic N) is 2. The molecule has 3 rings (SSSR count). The number of thiophene rings is 1. The lowest BCUT2D eigenvalue weighted by Gasteiger charge is -2.19. The maximum Gasteiger partial charge on any atom is 0.261 e. The zero-order chi connectivity index (χ0) is 24.3. The van der Waals surface area contributed by atoms with Crippen LogP contribution in [0.3, 0.4) is 0 Å². The third-order valence-electron chi connectivity index (χ3n) is 4.96. The molecule has 9 nitrogen and oxygen atoms in total. The van der Waals surface area contributed by atoms with Crippen molar-refractivity contribution in [3.63, 3.8) is 0 Å². The number of aliphatic hydroxyl groups is 2. The topological polar surface area (TPSA) is 124 Å². The SMILES string of the molecule is CNC(=O)c1cc2c(Oc3ccc(C=CC(=O)NCCN(CCO)CCO)cc3)cncc2s1. The number of nitrogens with one attached hydrogen (secondary N) is 2. The second-order valence-corrected chi connectivity index (χ2v) is 8.41. The predicted molar refractivity (Wildman–Crippen MR) is 132 cm³/mol. The number of aliphatic hydroxyl groups excluding tert-OH is 2. The van der Waals surface area contributed by atoms with E-state index in [0.29, 0.717) is 42.6 Å². The number of carbonyl (C=O) groups is 2. The number of hydrogen-bond acceptors (Lipinski definition) is 8. The molecule has 0 fully saturated rings. The maximum absolute atomic E-state index is 12.0. The number of amides is 2. The van der Waals surface area contributed by atoms with Gasteiger partial charge in [0, 0.05) is 50.9 Å². The quantitative estimate of drug-likeness (QED) is 0.289. The highest BCUT2D eigenvalue weighted by Crippen LogP contribution is 2.34. The van der Waals surface area contributed by atoms with E-state index in [9.17, 15) is 9.59 Å². The highest BCUT2D eigenvalue weighted by Gasteiger charge is 2.13. The van der Waals surface area contributed by atoms with Gasteiger partial charge in [0.05, 0.1) is 29.0 Å². The van der Waals surface area contributed by atoms with Gasteiger partial charge in [0.2, 0.25) is 5.91 Å². The normalized spacial score (nSPS) is 11.3. The largest absolute Gasteiger partial charge is 0.455 e. The number of benzene rings is 1. The van der Waals surface area contributed by atoms with Crippen LogP contribution in [0.5, 0.6) is 11.5 Å². The summed E-state index contributed by atoms with van der Waals surface area (Å²) in [5.41, 5.74) is 0.832. The number of hydrogen-bond donors (Lipinski definition) is 4. The Hall–Kier alpha value is -3.31. The highest BCUT2D eigenvalue weighted by molar-refractivity contribution is 7.20. The van der Waals surface area contributed by atoms with Gasteiger partial charge in [-0.1, -0.05) is 12.1 Å². The van der Waals surface area contributed by atoms with Gasteiger partial charge in [0.15, 0.2) is 5.75 Å². The second kappa shape index (κ2) is 12.8. The van der Waals surface area contributed by atoms with Crippen LogP contribution in [0.15, 0.2) is 48.8 Å². The standard InChI is InChI=1S/C24H28N4O5S/c1-25-24(32)21-14-19-20(15-26-16-22(19)34-21)33-18-5-2-17(3-6-18)4-7-23(31)27-8-9-28(10-12-29)11-13-30/h2-7,14-16,29-30H,8-13H2,1H3,(H,25,32)(H,27,31). The van der Waals surface area contributed by atoms with Crippen LogP contribution >= 0.6 is 11.3 Å². The lowest BCUT2D eigenvalue weighted by Crippen LogP contribution is -2.37. The number of rotatable bonds is 12. The summed E-state index contributed by atoms with van der Waals surface area (Å²) in [4.78, 5) is 30.6. The first kappa shape index (κ1) is 25.3. The highest BCUT2D eigenvalue weighted by atomic mass is 32.1. The molecule has 0 radical (unpaired) electrons. The van der Waals surface area contributed by atoms with Gasteiger partial charge in [-0.25, -0.2) is 0 Å². The summed E-state index contributed by atoms with van der Waals surface area (Å²) < 4.78 is 6.84. The molecule has 0 aliphatic carbocycles. The van der Waals surface area contributed by atoms with Gasteiger partial charge in [0.25, 0.3) is 5.91 Å². The molecular formula is C24H28N4O5S. The number of fused-ring (bicyclic) bond motifs is 1. The molecule has 0 saturated carbocycles. The summed E-state index contributed by atoms with van der Waals surface area (Å²) >= 11 is 1.35. The van der Waals surface area contributed by atoms with E-state index in [-0.39, 0.29) is 25.0 Å². The van der Waals surface area contributed by atoms with Crippen LogP contribution in [0.2, 0.25) is 0 Å². The third-order valence-corrected chi connectivity index (χ3v) is 6.02. The number of aromatic nitrogens is 1. The minimum absolute atomic E-state index is 0.00350. The fourth-order valence-corrected chi connectivity index (χ4v) is 4.20. The molecule has 0 unspecified atom stereocenters. The molecule has 0 atom stereocenters. The summed E-state index contributed by atoms with van der Waals surface area (Å²) in [5.74, 6) is 0.787. The van der Waals surface area contributed by atoms with Gasteiger partial charge in [-0.2, -0.15) is 0 Å². The van der Waals surface area contributed by atoms with E-state index < -0.39 is 0 Å². The van der Waals surface area contributed by atoms with E-state index in [1.807, 2.05) is 17.0 Å². The zero-order valence-corrected chi connectivity index (χ0v) is 19.7. The molecular weight excluding hydrogens is 456 g/mol. The van der Waals surface area contributed by atoms with Crippen molar-refractivity contribution in [3.05, 3.63) is 59.2 Å². The maximum atomic E-state index is 12.0. The molecule has 180 valence electrons. The molecule has 0 bridgehead atoms. The number of ether oxygens (including phenoxy) is 1. The van der Waals surface area contributed by atoms with Crippen LogP contribution in [-0.2, 0) is 4.79 Å². The Bertz CT molecular complexity index is 1120. The lowest BCUT2D eigenvalue weighted by atomic mass is 10.2. The van der Waals surface area contributed by atoms with Crippen molar-refractivity contribution >= 4 is 39.3 Å². The van der Waals surface area contributed by atoms with Crippen molar-refractivity contribution in [1.82, 2.24) is 20.5 Å². The van der Waals surface area contributed by atoms with Gasteiger partial charge in [-0.15, -0.1) is 11.3 Å². The van der Waals surface area contributed by atoms with Crippen molar-refractivity contribution < 1.29 is 24.5 Å². The van der Waals surface area contributed by atoms with Gasteiger partial charge in [-0.05, 0) is 29.8 Å². The average Bonchev–Trinajstić information content (AvgIpc) is 3.29. The molecule has 3 aromatic rings. The molecule has 2 amide bonds. The molecule has 0 spiro atoms. The number of pyridine rings is 1. The van der Waals surface area contributed by atoms with E-state index in [1.54, 1.807) is 43.7 Å². The van der Waals surface area contributed by atoms with Crippen LogP contribution < -0.4 is 15.4 Å². The monoisotopic (exact) mass is 484 g/mol. The Labute approximate surface area is 201 Å². The Morgan fingerprint density at radius 2 is 1.85 bits per heavy atom. The smallest absolute Gasteiger partial charge is 0.261 e. The first-order valence-electron chi connectivity index (χ1n) is 10.8. The van der Waals surface area contributed by atoms with E-state index in [0.717, 1.165) is 15.6 Å². The van der Waals surface area contributed by atoms with Crippen molar-refractivity contribution in [3.8, 4) is 11.5 Å². The Balaban J connectivity index is 1.56. The number of carbonyl (C=O) groups excluding carboxylic acids is 2. The lowest BCUT2D eigenvalue weighted by molar-refractivity contribution is -0.116. The molecule has 1 aromatic carbocycles. The van der Waals surface area contributed by atoms with Crippen LogP contribution in [0.25, 0.3) is 16.2 Å². The van der Waals surface area contributed by atoms with Crippen LogP contribution in [0.4, 0.5) is 0 Å². The fraction of sp³-hybridized carbons (Fsp3) is 0.292. The molecule has 0 saturated heterocycles. The fourth-order valence-electron chi connectivity index (χ4n) is 3.21. The summed E-state index contributed by atoms with van der Waals surface area (Å²) in [6.45, 7) is 1.87.